The molecule has 3 heteroatoms. The first-order chi connectivity index (χ1) is 10.2. The molecule has 0 unspecified atom stereocenters. The number of hydrogen-bond acceptors (Lipinski definition) is 2. The molecule has 0 heterocycles. The van der Waals surface area contributed by atoms with Crippen molar-refractivity contribution in [2.75, 3.05) is 6.54 Å². The molecule has 0 radical (unpaired) electrons. The second kappa shape index (κ2) is 7.60. The van der Waals surface area contributed by atoms with E-state index in [9.17, 15) is 4.79 Å². The van der Waals surface area contributed by atoms with Gasteiger partial charge in [-0.05, 0) is 35.6 Å². The van der Waals surface area contributed by atoms with E-state index in [1.54, 1.807) is 0 Å². The van der Waals surface area contributed by atoms with Gasteiger partial charge in [-0.15, -0.1) is 0 Å². The zero-order valence-electron chi connectivity index (χ0n) is 12.3. The van der Waals surface area contributed by atoms with Crippen LogP contribution in [0.2, 0.25) is 0 Å². The van der Waals surface area contributed by atoms with Crippen molar-refractivity contribution in [3.8, 4) is 0 Å². The molecule has 2 aromatic carbocycles. The molecular weight excluding hydrogens is 262 g/mol. The Labute approximate surface area is 125 Å². The summed E-state index contributed by atoms with van der Waals surface area (Å²) in [5.74, 6) is 0.0521. The Morgan fingerprint density at radius 3 is 2.38 bits per heavy atom. The molecule has 0 bridgehead atoms. The minimum Gasteiger partial charge on any atom is -0.392 e. The van der Waals surface area contributed by atoms with E-state index in [-0.39, 0.29) is 12.5 Å². The van der Waals surface area contributed by atoms with Crippen molar-refractivity contribution in [2.24, 2.45) is 0 Å². The number of amides is 1. The van der Waals surface area contributed by atoms with Crippen LogP contribution < -0.4 is 5.32 Å². The molecule has 0 aromatic heterocycles. The van der Waals surface area contributed by atoms with E-state index >= 15 is 0 Å². The van der Waals surface area contributed by atoms with E-state index in [0.29, 0.717) is 13.0 Å². The fraction of sp³-hybridized carbons (Fsp3) is 0.278. The fourth-order valence-corrected chi connectivity index (χ4v) is 2.20. The van der Waals surface area contributed by atoms with Crippen molar-refractivity contribution >= 4 is 5.91 Å². The van der Waals surface area contributed by atoms with Crippen LogP contribution in [0.1, 0.15) is 22.3 Å². The molecule has 21 heavy (non-hydrogen) atoms. The lowest BCUT2D eigenvalue weighted by atomic mass is 10.1. The molecule has 0 spiro atoms. The topological polar surface area (TPSA) is 49.3 Å². The number of carbonyl (C=O) groups excluding carboxylic acids is 1. The minimum absolute atomic E-state index is 0.0521. The van der Waals surface area contributed by atoms with Crippen molar-refractivity contribution in [1.29, 1.82) is 0 Å². The number of carbonyl (C=O) groups is 1. The Hall–Kier alpha value is -2.13. The van der Waals surface area contributed by atoms with E-state index in [4.69, 9.17) is 5.11 Å². The second-order valence-electron chi connectivity index (χ2n) is 5.18. The summed E-state index contributed by atoms with van der Waals surface area (Å²) in [5, 5.41) is 11.9. The maximum absolute atomic E-state index is 11.9. The van der Waals surface area contributed by atoms with Crippen LogP contribution in [0.5, 0.6) is 0 Å². The van der Waals surface area contributed by atoms with Crippen LogP contribution in [0.25, 0.3) is 0 Å². The highest BCUT2D eigenvalue weighted by molar-refractivity contribution is 5.78. The van der Waals surface area contributed by atoms with Gasteiger partial charge in [-0.2, -0.15) is 0 Å². The Balaban J connectivity index is 1.77. The molecule has 0 fully saturated rings. The quantitative estimate of drug-likeness (QED) is 0.855. The molecule has 0 aliphatic carbocycles. The number of nitrogens with one attached hydrogen (secondary N) is 1. The van der Waals surface area contributed by atoms with Crippen molar-refractivity contribution in [2.45, 2.75) is 26.4 Å². The van der Waals surface area contributed by atoms with Crippen LogP contribution in [0, 0.1) is 6.92 Å². The highest BCUT2D eigenvalue weighted by Crippen LogP contribution is 2.08. The van der Waals surface area contributed by atoms with Crippen LogP contribution in [0.15, 0.2) is 48.5 Å². The summed E-state index contributed by atoms with van der Waals surface area (Å²) in [6.07, 6.45) is 1.22. The summed E-state index contributed by atoms with van der Waals surface area (Å²) in [4.78, 5) is 11.9. The highest BCUT2D eigenvalue weighted by Gasteiger charge is 2.05. The van der Waals surface area contributed by atoms with E-state index in [1.165, 1.54) is 0 Å². The maximum Gasteiger partial charge on any atom is 0.224 e. The van der Waals surface area contributed by atoms with Gasteiger partial charge >= 0.3 is 0 Å². The first-order valence-electron chi connectivity index (χ1n) is 7.19. The molecule has 0 atom stereocenters. The zero-order valence-corrected chi connectivity index (χ0v) is 12.3. The lowest BCUT2D eigenvalue weighted by Crippen LogP contribution is -2.27. The smallest absolute Gasteiger partial charge is 0.224 e. The summed E-state index contributed by atoms with van der Waals surface area (Å²) in [6, 6.07) is 15.7. The molecule has 2 aromatic rings. The van der Waals surface area contributed by atoms with Gasteiger partial charge in [0.2, 0.25) is 5.91 Å². The average Bonchev–Trinajstić information content (AvgIpc) is 2.50. The Morgan fingerprint density at radius 1 is 1.05 bits per heavy atom. The lowest BCUT2D eigenvalue weighted by Gasteiger charge is -2.08. The van der Waals surface area contributed by atoms with Gasteiger partial charge in [0.25, 0.3) is 0 Å². The molecule has 0 aliphatic heterocycles. The molecule has 2 rings (SSSR count). The second-order valence-corrected chi connectivity index (χ2v) is 5.18. The fourth-order valence-electron chi connectivity index (χ4n) is 2.20. The van der Waals surface area contributed by atoms with Crippen LogP contribution >= 0.6 is 0 Å². The standard InChI is InChI=1S/C18H21NO2/c1-14-4-2-3-5-17(14)12-18(21)19-11-10-15-6-8-16(13-20)9-7-15/h2-9,20H,10-13H2,1H3,(H,19,21). The van der Waals surface area contributed by atoms with E-state index in [2.05, 4.69) is 5.32 Å². The molecule has 3 nitrogen and oxygen atoms in total. The maximum atomic E-state index is 11.9. The van der Waals surface area contributed by atoms with E-state index in [1.807, 2.05) is 55.5 Å². The molecule has 0 saturated heterocycles. The SMILES string of the molecule is Cc1ccccc1CC(=O)NCCc1ccc(CO)cc1. The van der Waals surface area contributed by atoms with Crippen molar-refractivity contribution in [3.05, 3.63) is 70.8 Å². The van der Waals surface area contributed by atoms with Gasteiger partial charge in [0, 0.05) is 6.54 Å². The molecule has 110 valence electrons. The number of rotatable bonds is 6. The Kier molecular flexibility index (Phi) is 5.52. The average molecular weight is 283 g/mol. The van der Waals surface area contributed by atoms with Crippen molar-refractivity contribution in [3.63, 3.8) is 0 Å². The monoisotopic (exact) mass is 283 g/mol. The summed E-state index contributed by atoms with van der Waals surface area (Å²) in [7, 11) is 0. The first-order valence-corrected chi connectivity index (χ1v) is 7.19. The van der Waals surface area contributed by atoms with E-state index < -0.39 is 0 Å². The Morgan fingerprint density at radius 2 is 1.71 bits per heavy atom. The summed E-state index contributed by atoms with van der Waals surface area (Å²) in [5.41, 5.74) is 4.28. The number of aliphatic hydroxyl groups is 1. The first kappa shape index (κ1) is 15.3. The van der Waals surface area contributed by atoms with Gasteiger partial charge in [-0.25, -0.2) is 0 Å². The van der Waals surface area contributed by atoms with Crippen molar-refractivity contribution < 1.29 is 9.90 Å². The van der Waals surface area contributed by atoms with Crippen LogP contribution in [-0.4, -0.2) is 17.6 Å². The van der Waals surface area contributed by atoms with Crippen molar-refractivity contribution in [1.82, 2.24) is 5.32 Å². The third kappa shape index (κ3) is 4.72. The van der Waals surface area contributed by atoms with Gasteiger partial charge in [0.05, 0.1) is 13.0 Å². The summed E-state index contributed by atoms with van der Waals surface area (Å²) < 4.78 is 0. The normalized spacial score (nSPS) is 10.4. The van der Waals surface area contributed by atoms with Gasteiger partial charge in [0.15, 0.2) is 0 Å². The molecule has 1 amide bonds. The number of benzene rings is 2. The summed E-state index contributed by atoms with van der Waals surface area (Å²) >= 11 is 0. The molecular formula is C18H21NO2. The Bertz CT molecular complexity index is 590. The minimum atomic E-state index is 0.0521. The van der Waals surface area contributed by atoms with Crippen LogP contribution in [0.3, 0.4) is 0 Å². The predicted octanol–water partition coefficient (Wildman–Crippen LogP) is 2.39. The predicted molar refractivity (Wildman–Crippen MR) is 84.0 cm³/mol. The zero-order chi connectivity index (χ0) is 15.1. The molecule has 2 N–H and O–H groups in total. The van der Waals surface area contributed by atoms with Crippen LogP contribution in [-0.2, 0) is 24.2 Å². The highest BCUT2D eigenvalue weighted by atomic mass is 16.3. The van der Waals surface area contributed by atoms with Gasteiger partial charge in [-0.1, -0.05) is 48.5 Å². The van der Waals surface area contributed by atoms with Gasteiger partial charge in [0.1, 0.15) is 0 Å². The third-order valence-electron chi connectivity index (χ3n) is 3.55. The number of aryl methyl sites for hydroxylation is 1. The lowest BCUT2D eigenvalue weighted by molar-refractivity contribution is -0.120. The third-order valence-corrected chi connectivity index (χ3v) is 3.55. The number of aliphatic hydroxyl groups excluding tert-OH is 1. The summed E-state index contributed by atoms with van der Waals surface area (Å²) in [6.45, 7) is 2.71. The largest absolute Gasteiger partial charge is 0.392 e. The van der Waals surface area contributed by atoms with E-state index in [0.717, 1.165) is 28.7 Å². The van der Waals surface area contributed by atoms with Gasteiger partial charge in [-0.3, -0.25) is 4.79 Å². The number of hydrogen-bond donors (Lipinski definition) is 2. The molecule has 0 aliphatic rings. The van der Waals surface area contributed by atoms with Crippen LogP contribution in [0.4, 0.5) is 0 Å². The van der Waals surface area contributed by atoms with Gasteiger partial charge < -0.3 is 10.4 Å². The molecule has 0 saturated carbocycles.